The molecule has 2 aromatic heterocycles. The molecule has 0 aliphatic heterocycles. The summed E-state index contributed by atoms with van der Waals surface area (Å²) in [5, 5.41) is 0.367. The molecule has 0 amide bonds. The van der Waals surface area contributed by atoms with E-state index in [1.165, 1.54) is 12.1 Å². The van der Waals surface area contributed by atoms with Gasteiger partial charge in [-0.2, -0.15) is 0 Å². The predicted octanol–water partition coefficient (Wildman–Crippen LogP) is 3.37. The zero-order valence-corrected chi connectivity index (χ0v) is 16.7. The van der Waals surface area contributed by atoms with Crippen molar-refractivity contribution in [3.63, 3.8) is 0 Å². The summed E-state index contributed by atoms with van der Waals surface area (Å²) in [4.78, 5) is 7.28. The lowest BCUT2D eigenvalue weighted by atomic mass is 10.0. The summed E-state index contributed by atoms with van der Waals surface area (Å²) < 4.78 is 55.8. The average molecular weight is 423 g/mol. The Hall–Kier alpha value is -2.46. The Balaban J connectivity index is 1.74. The number of hydrogen-bond donors (Lipinski definition) is 3. The molecule has 7 nitrogen and oxygen atoms in total. The van der Waals surface area contributed by atoms with Crippen LogP contribution in [0, 0.1) is 5.82 Å². The maximum absolute atomic E-state index is 14.5. The number of hydrogen-bond acceptors (Lipinski definition) is 4. The average Bonchev–Trinajstić information content (AvgIpc) is 3.42. The summed E-state index contributed by atoms with van der Waals surface area (Å²) in [6, 6.07) is 7.94. The highest BCUT2D eigenvalue weighted by atomic mass is 32.2. The topological polar surface area (TPSA) is 104 Å². The van der Waals surface area contributed by atoms with Crippen molar-refractivity contribution in [2.24, 2.45) is 0 Å². The monoisotopic (exact) mass is 422 g/mol. The summed E-state index contributed by atoms with van der Waals surface area (Å²) in [5.74, 6) is 0.00599. The molecule has 0 bridgehead atoms. The van der Waals surface area contributed by atoms with E-state index in [1.807, 2.05) is 0 Å². The van der Waals surface area contributed by atoms with Crippen LogP contribution in [0.25, 0.3) is 22.2 Å². The van der Waals surface area contributed by atoms with Crippen LogP contribution in [0.2, 0.25) is 0 Å². The molecule has 1 unspecified atom stereocenters. The highest BCUT2D eigenvalue weighted by Gasteiger charge is 2.36. The van der Waals surface area contributed by atoms with Crippen LogP contribution in [-0.2, 0) is 21.0 Å². The van der Waals surface area contributed by atoms with Gasteiger partial charge in [0, 0.05) is 17.3 Å². The van der Waals surface area contributed by atoms with E-state index in [4.69, 9.17) is 0 Å². The highest BCUT2D eigenvalue weighted by Crippen LogP contribution is 2.34. The second-order valence-corrected chi connectivity index (χ2v) is 10.0. The Labute approximate surface area is 164 Å². The van der Waals surface area contributed by atoms with Crippen molar-refractivity contribution in [3.05, 3.63) is 42.3 Å². The van der Waals surface area contributed by atoms with Crippen molar-refractivity contribution in [1.82, 2.24) is 9.97 Å². The lowest BCUT2D eigenvalue weighted by molar-refractivity contribution is 0.600. The number of halogens is 1. The Bertz CT molecular complexity index is 1170. The van der Waals surface area contributed by atoms with E-state index >= 15 is 0 Å². The standard InChI is InChI=1S/C18H19FN4O3S2/c1-2-27(24)22-16-6-3-11(9-15(16)19)14-10-17(21-18-13(14)7-8-20-18)23-28(25,26)12-4-5-12/h3,6-10,12,22H,2,4-5H2,1H3,(H2,20,21,23). The van der Waals surface area contributed by atoms with Crippen LogP contribution in [0.15, 0.2) is 36.5 Å². The Morgan fingerprint density at radius 1 is 1.29 bits per heavy atom. The molecule has 1 aliphatic rings. The summed E-state index contributed by atoms with van der Waals surface area (Å²) >= 11 is 0. The number of benzene rings is 1. The van der Waals surface area contributed by atoms with Crippen molar-refractivity contribution in [2.75, 3.05) is 15.2 Å². The molecule has 3 N–H and O–H groups in total. The predicted molar refractivity (Wildman–Crippen MR) is 109 cm³/mol. The minimum absolute atomic E-state index is 0.151. The number of pyridine rings is 1. The summed E-state index contributed by atoms with van der Waals surface area (Å²) in [7, 11) is -4.82. The second-order valence-electron chi connectivity index (χ2n) is 6.57. The molecular weight excluding hydrogens is 403 g/mol. The number of H-pyrrole nitrogens is 1. The van der Waals surface area contributed by atoms with Crippen molar-refractivity contribution in [1.29, 1.82) is 0 Å². The number of nitrogens with one attached hydrogen (secondary N) is 3. The molecule has 0 spiro atoms. The molecule has 1 saturated carbocycles. The Morgan fingerprint density at radius 2 is 2.07 bits per heavy atom. The van der Waals surface area contributed by atoms with E-state index in [1.54, 1.807) is 31.3 Å². The molecule has 148 valence electrons. The van der Waals surface area contributed by atoms with Crippen molar-refractivity contribution >= 4 is 43.5 Å². The summed E-state index contributed by atoms with van der Waals surface area (Å²) in [6.45, 7) is 1.74. The fraction of sp³-hybridized carbons (Fsp3) is 0.278. The van der Waals surface area contributed by atoms with Crippen LogP contribution in [0.1, 0.15) is 19.8 Å². The number of nitrogens with zero attached hydrogens (tertiary/aromatic N) is 1. The van der Waals surface area contributed by atoms with E-state index in [0.717, 1.165) is 5.39 Å². The van der Waals surface area contributed by atoms with Crippen LogP contribution in [-0.4, -0.2) is 33.6 Å². The smallest absolute Gasteiger partial charge is 0.236 e. The maximum Gasteiger partial charge on any atom is 0.236 e. The molecule has 0 saturated heterocycles. The molecule has 28 heavy (non-hydrogen) atoms. The fourth-order valence-corrected chi connectivity index (χ4v) is 4.77. The van der Waals surface area contributed by atoms with Gasteiger partial charge >= 0.3 is 0 Å². The number of rotatable bonds is 7. The van der Waals surface area contributed by atoms with E-state index in [2.05, 4.69) is 19.4 Å². The summed E-state index contributed by atoms with van der Waals surface area (Å²) in [5.41, 5.74) is 1.85. The molecule has 3 aromatic rings. The number of anilines is 2. The first-order chi connectivity index (χ1) is 13.4. The number of fused-ring (bicyclic) bond motifs is 1. The van der Waals surface area contributed by atoms with Crippen LogP contribution in [0.4, 0.5) is 15.9 Å². The van der Waals surface area contributed by atoms with Crippen LogP contribution in [0.5, 0.6) is 0 Å². The Kier molecular flexibility index (Phi) is 4.84. The van der Waals surface area contributed by atoms with Gasteiger partial charge in [0.1, 0.15) is 28.3 Å². The second kappa shape index (κ2) is 7.17. The number of aromatic nitrogens is 2. The van der Waals surface area contributed by atoms with Gasteiger partial charge in [0.05, 0.1) is 10.9 Å². The van der Waals surface area contributed by atoms with E-state index < -0.39 is 26.8 Å². The number of aromatic amines is 1. The zero-order valence-electron chi connectivity index (χ0n) is 15.0. The molecule has 2 heterocycles. The van der Waals surface area contributed by atoms with Gasteiger partial charge in [-0.1, -0.05) is 13.0 Å². The molecule has 4 rings (SSSR count). The first-order valence-electron chi connectivity index (χ1n) is 8.82. The van der Waals surface area contributed by atoms with E-state index in [-0.39, 0.29) is 16.8 Å². The Morgan fingerprint density at radius 3 is 2.75 bits per heavy atom. The third-order valence-corrected chi connectivity index (χ3v) is 7.32. The third-order valence-electron chi connectivity index (χ3n) is 4.50. The molecule has 1 aromatic carbocycles. The van der Waals surface area contributed by atoms with Gasteiger partial charge in [-0.25, -0.2) is 22.0 Å². The zero-order chi connectivity index (χ0) is 19.9. The summed E-state index contributed by atoms with van der Waals surface area (Å²) in [6.07, 6.45) is 2.98. The van der Waals surface area contributed by atoms with Gasteiger partial charge in [0.25, 0.3) is 0 Å². The van der Waals surface area contributed by atoms with E-state index in [9.17, 15) is 17.0 Å². The van der Waals surface area contributed by atoms with Crippen LogP contribution < -0.4 is 9.44 Å². The number of sulfonamides is 1. The van der Waals surface area contributed by atoms with Crippen LogP contribution >= 0.6 is 0 Å². The maximum atomic E-state index is 14.5. The van der Waals surface area contributed by atoms with Gasteiger partial charge < -0.3 is 9.71 Å². The lowest BCUT2D eigenvalue weighted by Gasteiger charge is -2.11. The van der Waals surface area contributed by atoms with Gasteiger partial charge in [-0.3, -0.25) is 4.72 Å². The molecular formula is C18H19FN4O3S2. The molecule has 1 aliphatic carbocycles. The first kappa shape index (κ1) is 18.9. The largest absolute Gasteiger partial charge is 0.346 e. The SMILES string of the molecule is CCS(=O)Nc1ccc(-c2cc(NS(=O)(=O)C3CC3)nc3[nH]ccc23)cc1F. The molecule has 1 atom stereocenters. The van der Waals surface area contributed by atoms with Crippen molar-refractivity contribution in [2.45, 2.75) is 25.0 Å². The molecule has 0 radical (unpaired) electrons. The first-order valence-corrected chi connectivity index (χ1v) is 11.7. The minimum Gasteiger partial charge on any atom is -0.346 e. The normalized spacial score (nSPS) is 15.5. The molecule has 10 heteroatoms. The van der Waals surface area contributed by atoms with Crippen LogP contribution in [0.3, 0.4) is 0 Å². The molecule has 1 fully saturated rings. The minimum atomic E-state index is -3.47. The van der Waals surface area contributed by atoms with Gasteiger partial charge in [0.2, 0.25) is 10.0 Å². The lowest BCUT2D eigenvalue weighted by Crippen LogP contribution is -2.18. The van der Waals surface area contributed by atoms with Crippen molar-refractivity contribution < 1.29 is 17.0 Å². The third kappa shape index (κ3) is 3.74. The van der Waals surface area contributed by atoms with Crippen molar-refractivity contribution in [3.8, 4) is 11.1 Å². The van der Waals surface area contributed by atoms with Gasteiger partial charge in [-0.05, 0) is 48.2 Å². The fourth-order valence-electron chi connectivity index (χ4n) is 2.90. The van der Waals surface area contributed by atoms with Gasteiger partial charge in [-0.15, -0.1) is 0 Å². The van der Waals surface area contributed by atoms with E-state index in [0.29, 0.717) is 35.4 Å². The quantitative estimate of drug-likeness (QED) is 0.543. The highest BCUT2D eigenvalue weighted by molar-refractivity contribution is 7.93. The van der Waals surface area contributed by atoms with Gasteiger partial charge in [0.15, 0.2) is 0 Å².